The quantitative estimate of drug-likeness (QED) is 0.846. The molecule has 0 bridgehead atoms. The minimum absolute atomic E-state index is 0.0734. The summed E-state index contributed by atoms with van der Waals surface area (Å²) in [6.07, 6.45) is 2.24. The fourth-order valence-corrected chi connectivity index (χ4v) is 3.81. The molecule has 1 aliphatic heterocycles. The summed E-state index contributed by atoms with van der Waals surface area (Å²) in [6, 6.07) is 5.74. The van der Waals surface area contributed by atoms with Crippen LogP contribution in [-0.4, -0.2) is 39.7 Å². The highest BCUT2D eigenvalue weighted by atomic mass is 32.2. The average Bonchev–Trinajstić information content (AvgIpc) is 2.59. The summed E-state index contributed by atoms with van der Waals surface area (Å²) in [5.74, 6) is -3.81. The average molecular weight is 360 g/mol. The first-order valence-electron chi connectivity index (χ1n) is 8.01. The van der Waals surface area contributed by atoms with Gasteiger partial charge in [-0.05, 0) is 31.4 Å². The summed E-state index contributed by atoms with van der Waals surface area (Å²) in [6.45, 7) is 3.41. The van der Waals surface area contributed by atoms with Crippen LogP contribution < -0.4 is 10.2 Å². The van der Waals surface area contributed by atoms with Gasteiger partial charge in [-0.15, -0.1) is 0 Å². The van der Waals surface area contributed by atoms with Gasteiger partial charge in [0.05, 0.1) is 16.5 Å². The largest absolute Gasteiger partial charge is 0.370 e. The number of anilines is 1. The van der Waals surface area contributed by atoms with E-state index in [1.165, 1.54) is 18.2 Å². The monoisotopic (exact) mass is 360 g/mol. The first-order valence-corrected chi connectivity index (χ1v) is 9.56. The Morgan fingerprint density at radius 3 is 2.75 bits per heavy atom. The minimum atomic E-state index is -4.68. The lowest BCUT2D eigenvalue weighted by Gasteiger charge is -2.34. The summed E-state index contributed by atoms with van der Waals surface area (Å²) in [5, 5.41) is 2.83. The van der Waals surface area contributed by atoms with Crippen LogP contribution in [0.5, 0.6) is 0 Å². The van der Waals surface area contributed by atoms with Crippen molar-refractivity contribution >= 4 is 21.4 Å². The van der Waals surface area contributed by atoms with E-state index in [4.69, 9.17) is 0 Å². The van der Waals surface area contributed by atoms with E-state index in [1.807, 2.05) is 6.92 Å². The highest BCUT2D eigenvalue weighted by Crippen LogP contribution is 2.32. The third kappa shape index (κ3) is 4.03. The molecule has 1 fully saturated rings. The Morgan fingerprint density at radius 1 is 1.38 bits per heavy atom. The molecule has 24 heavy (non-hydrogen) atoms. The smallest absolute Gasteiger partial charge is 0.341 e. The van der Waals surface area contributed by atoms with E-state index in [0.29, 0.717) is 32.5 Å². The fraction of sp³-hybridized carbons (Fsp3) is 0.562. The van der Waals surface area contributed by atoms with Gasteiger partial charge < -0.3 is 10.2 Å². The molecule has 1 heterocycles. The second-order valence-corrected chi connectivity index (χ2v) is 7.74. The molecule has 0 spiro atoms. The third-order valence-electron chi connectivity index (χ3n) is 4.09. The van der Waals surface area contributed by atoms with Crippen LogP contribution in [0.1, 0.15) is 26.2 Å². The Bertz CT molecular complexity index is 680. The number of piperidine rings is 1. The number of hydrogen-bond acceptors (Lipinski definition) is 4. The SMILES string of the molecule is CCCNC(=O)C1CCCN(c2ccccc2S(=O)(=O)C(F)F)C1. The molecule has 1 amide bonds. The molecule has 1 N–H and O–H groups in total. The number of sulfone groups is 1. The molecular formula is C16H22F2N2O3S. The van der Waals surface area contributed by atoms with Gasteiger partial charge in [0.25, 0.3) is 0 Å². The number of rotatable bonds is 6. The first-order chi connectivity index (χ1) is 11.4. The van der Waals surface area contributed by atoms with Gasteiger partial charge in [0, 0.05) is 19.6 Å². The fourth-order valence-electron chi connectivity index (χ4n) is 2.86. The molecule has 1 aromatic carbocycles. The molecule has 1 aromatic rings. The number of nitrogens with one attached hydrogen (secondary N) is 1. The van der Waals surface area contributed by atoms with Crippen LogP contribution in [0, 0.1) is 5.92 Å². The maximum atomic E-state index is 12.9. The standard InChI is InChI=1S/C16H22F2N2O3S/c1-2-9-19-15(21)12-6-5-10-20(11-12)13-7-3-4-8-14(13)24(22,23)16(17)18/h3-4,7-8,12,16H,2,5-6,9-11H2,1H3,(H,19,21). The van der Waals surface area contributed by atoms with Gasteiger partial charge >= 0.3 is 5.76 Å². The lowest BCUT2D eigenvalue weighted by Crippen LogP contribution is -2.43. The maximum absolute atomic E-state index is 12.9. The number of para-hydroxylation sites is 1. The molecule has 0 radical (unpaired) electrons. The lowest BCUT2D eigenvalue weighted by molar-refractivity contribution is -0.125. The van der Waals surface area contributed by atoms with Crippen molar-refractivity contribution < 1.29 is 22.0 Å². The van der Waals surface area contributed by atoms with E-state index in [9.17, 15) is 22.0 Å². The number of amides is 1. The van der Waals surface area contributed by atoms with Crippen molar-refractivity contribution in [2.45, 2.75) is 36.8 Å². The molecule has 5 nitrogen and oxygen atoms in total. The zero-order chi connectivity index (χ0) is 17.7. The molecule has 0 aliphatic carbocycles. The second-order valence-electron chi connectivity index (χ2n) is 5.85. The summed E-state index contributed by atoms with van der Waals surface area (Å²) < 4.78 is 49.6. The molecule has 2 rings (SSSR count). The Hall–Kier alpha value is -1.70. The molecule has 1 aliphatic rings. The normalized spacial score (nSPS) is 18.7. The molecule has 0 saturated carbocycles. The Labute approximate surface area is 141 Å². The summed E-state index contributed by atoms with van der Waals surface area (Å²) >= 11 is 0. The highest BCUT2D eigenvalue weighted by molar-refractivity contribution is 7.91. The summed E-state index contributed by atoms with van der Waals surface area (Å²) in [7, 11) is -4.68. The summed E-state index contributed by atoms with van der Waals surface area (Å²) in [5.41, 5.74) is 0.241. The van der Waals surface area contributed by atoms with Crippen LogP contribution in [-0.2, 0) is 14.6 Å². The van der Waals surface area contributed by atoms with E-state index >= 15 is 0 Å². The van der Waals surface area contributed by atoms with Gasteiger partial charge in [0.15, 0.2) is 0 Å². The number of halogens is 2. The minimum Gasteiger partial charge on any atom is -0.370 e. The van der Waals surface area contributed by atoms with Crippen LogP contribution in [0.2, 0.25) is 0 Å². The number of hydrogen-bond donors (Lipinski definition) is 1. The Morgan fingerprint density at radius 2 is 2.08 bits per heavy atom. The first kappa shape index (κ1) is 18.6. The third-order valence-corrected chi connectivity index (χ3v) is 5.52. The highest BCUT2D eigenvalue weighted by Gasteiger charge is 2.33. The van der Waals surface area contributed by atoms with Gasteiger partial charge in [-0.2, -0.15) is 8.78 Å². The van der Waals surface area contributed by atoms with Crippen LogP contribution >= 0.6 is 0 Å². The van der Waals surface area contributed by atoms with Crippen molar-refractivity contribution in [2.24, 2.45) is 5.92 Å². The maximum Gasteiger partial charge on any atom is 0.341 e. The molecule has 1 atom stereocenters. The van der Waals surface area contributed by atoms with Gasteiger partial charge in [-0.25, -0.2) is 8.42 Å². The molecule has 1 unspecified atom stereocenters. The molecule has 0 aromatic heterocycles. The van der Waals surface area contributed by atoms with Gasteiger partial charge in [-0.1, -0.05) is 19.1 Å². The second kappa shape index (κ2) is 7.92. The predicted molar refractivity (Wildman–Crippen MR) is 87.9 cm³/mol. The molecular weight excluding hydrogens is 338 g/mol. The summed E-state index contributed by atoms with van der Waals surface area (Å²) in [4.78, 5) is 13.5. The van der Waals surface area contributed by atoms with E-state index in [1.54, 1.807) is 11.0 Å². The van der Waals surface area contributed by atoms with Crippen molar-refractivity contribution in [2.75, 3.05) is 24.5 Å². The van der Waals surface area contributed by atoms with Crippen molar-refractivity contribution in [3.8, 4) is 0 Å². The van der Waals surface area contributed by atoms with Crippen molar-refractivity contribution in [1.82, 2.24) is 5.32 Å². The van der Waals surface area contributed by atoms with Crippen LogP contribution in [0.15, 0.2) is 29.2 Å². The lowest BCUT2D eigenvalue weighted by atomic mass is 9.96. The topological polar surface area (TPSA) is 66.5 Å². The van der Waals surface area contributed by atoms with Crippen molar-refractivity contribution in [3.63, 3.8) is 0 Å². The molecule has 134 valence electrons. The van der Waals surface area contributed by atoms with Crippen LogP contribution in [0.25, 0.3) is 0 Å². The Balaban J connectivity index is 2.24. The number of carbonyl (C=O) groups is 1. The van der Waals surface area contributed by atoms with E-state index in [2.05, 4.69) is 5.32 Å². The van der Waals surface area contributed by atoms with Crippen LogP contribution in [0.4, 0.5) is 14.5 Å². The Kier molecular flexibility index (Phi) is 6.15. The number of nitrogens with zero attached hydrogens (tertiary/aromatic N) is 1. The van der Waals surface area contributed by atoms with E-state index in [-0.39, 0.29) is 22.4 Å². The van der Waals surface area contributed by atoms with Gasteiger partial charge in [0.1, 0.15) is 0 Å². The molecule has 1 saturated heterocycles. The zero-order valence-corrected chi connectivity index (χ0v) is 14.4. The number of benzene rings is 1. The van der Waals surface area contributed by atoms with E-state index < -0.39 is 15.6 Å². The van der Waals surface area contributed by atoms with Gasteiger partial charge in [0.2, 0.25) is 15.7 Å². The van der Waals surface area contributed by atoms with Crippen LogP contribution in [0.3, 0.4) is 0 Å². The number of alkyl halides is 2. The van der Waals surface area contributed by atoms with Crippen molar-refractivity contribution in [3.05, 3.63) is 24.3 Å². The van der Waals surface area contributed by atoms with Gasteiger partial charge in [-0.3, -0.25) is 4.79 Å². The van der Waals surface area contributed by atoms with Crippen molar-refractivity contribution in [1.29, 1.82) is 0 Å². The molecule has 8 heteroatoms. The number of carbonyl (C=O) groups excluding carboxylic acids is 1. The van der Waals surface area contributed by atoms with E-state index in [0.717, 1.165) is 6.42 Å². The zero-order valence-electron chi connectivity index (χ0n) is 13.5. The predicted octanol–water partition coefficient (Wildman–Crippen LogP) is 2.43.